The number of carbonyl (C=O) groups is 7. The molecule has 4 aromatic rings. The molecule has 9 N–H and O–H groups in total. The molecule has 0 saturated carbocycles. The van der Waals surface area contributed by atoms with Gasteiger partial charge in [0.2, 0.25) is 35.4 Å². The Hall–Kier alpha value is -6.55. The van der Waals surface area contributed by atoms with Crippen LogP contribution in [-0.4, -0.2) is 89.7 Å². The molecule has 16 heteroatoms. The average Bonchev–Trinajstić information content (AvgIpc) is 3.64. The molecule has 16 nitrogen and oxygen atoms in total. The lowest BCUT2D eigenvalue weighted by Crippen LogP contribution is -2.59. The van der Waals surface area contributed by atoms with Crippen LogP contribution in [0.2, 0.25) is 0 Å². The fourth-order valence-electron chi connectivity index (χ4n) is 7.15. The van der Waals surface area contributed by atoms with Gasteiger partial charge in [-0.1, -0.05) is 92.7 Å². The molecule has 5 atom stereocenters. The largest absolute Gasteiger partial charge is 0.461 e. The first-order chi connectivity index (χ1) is 29.3. The van der Waals surface area contributed by atoms with E-state index in [9.17, 15) is 33.6 Å². The zero-order valence-electron chi connectivity index (χ0n) is 34.5. The molecule has 1 fully saturated rings. The van der Waals surface area contributed by atoms with Gasteiger partial charge in [0.1, 0.15) is 24.7 Å². The number of aromatic nitrogens is 1. The molecule has 6 amide bonds. The maximum atomic E-state index is 14.4. The Bertz CT molecular complexity index is 2130. The Morgan fingerprint density at radius 3 is 2.02 bits per heavy atom. The third-order valence-electron chi connectivity index (χ3n) is 10.3. The normalized spacial score (nSPS) is 21.2. The number of hydrogen-bond acceptors (Lipinski definition) is 9. The van der Waals surface area contributed by atoms with Gasteiger partial charge in [-0.15, -0.1) is 0 Å². The summed E-state index contributed by atoms with van der Waals surface area (Å²) in [4.78, 5) is 98.3. The molecule has 324 valence electrons. The van der Waals surface area contributed by atoms with Gasteiger partial charge in [-0.3, -0.25) is 33.6 Å². The van der Waals surface area contributed by atoms with Gasteiger partial charge in [-0.05, 0) is 41.5 Å². The van der Waals surface area contributed by atoms with E-state index in [0.29, 0.717) is 12.0 Å². The first kappa shape index (κ1) is 45.5. The predicted molar refractivity (Wildman–Crippen MR) is 228 cm³/mol. The van der Waals surface area contributed by atoms with E-state index in [1.165, 1.54) is 0 Å². The van der Waals surface area contributed by atoms with Crippen LogP contribution in [0.25, 0.3) is 10.9 Å². The van der Waals surface area contributed by atoms with Crippen molar-refractivity contribution in [3.05, 3.63) is 108 Å². The van der Waals surface area contributed by atoms with Crippen molar-refractivity contribution in [3.8, 4) is 0 Å². The Morgan fingerprint density at radius 2 is 1.33 bits per heavy atom. The van der Waals surface area contributed by atoms with E-state index < -0.39 is 72.1 Å². The smallest absolute Gasteiger partial charge is 0.308 e. The van der Waals surface area contributed by atoms with Crippen molar-refractivity contribution in [1.82, 2.24) is 36.9 Å². The Balaban J connectivity index is 1.48. The van der Waals surface area contributed by atoms with Crippen molar-refractivity contribution in [1.29, 1.82) is 0 Å². The second-order valence-corrected chi connectivity index (χ2v) is 15.7. The number of H-pyrrole nitrogens is 1. The molecule has 2 heterocycles. The number of para-hydroxylation sites is 1. The lowest BCUT2D eigenvalue weighted by Gasteiger charge is -2.27. The summed E-state index contributed by atoms with van der Waals surface area (Å²) in [6, 6.07) is 20.0. The van der Waals surface area contributed by atoms with E-state index in [1.54, 1.807) is 30.5 Å². The molecule has 5 rings (SSSR count). The molecule has 5 unspecified atom stereocenters. The highest BCUT2D eigenvalue weighted by Crippen LogP contribution is 2.20. The van der Waals surface area contributed by atoms with Crippen LogP contribution in [0.5, 0.6) is 0 Å². The maximum absolute atomic E-state index is 14.4. The zero-order chi connectivity index (χ0) is 43.7. The summed E-state index contributed by atoms with van der Waals surface area (Å²) in [6.07, 6.45) is 1.27. The molecule has 3 aromatic carbocycles. The van der Waals surface area contributed by atoms with Gasteiger partial charge in [-0.2, -0.15) is 0 Å². The molecule has 0 aliphatic carbocycles. The van der Waals surface area contributed by atoms with Crippen LogP contribution in [0.15, 0.2) is 91.1 Å². The molecule has 0 bridgehead atoms. The minimum absolute atomic E-state index is 0.0212. The van der Waals surface area contributed by atoms with Gasteiger partial charge >= 0.3 is 5.97 Å². The van der Waals surface area contributed by atoms with Gasteiger partial charge in [0.05, 0.1) is 12.5 Å². The number of esters is 1. The van der Waals surface area contributed by atoms with Crippen LogP contribution in [0, 0.1) is 5.92 Å². The molecule has 0 spiro atoms. The number of rotatable bonds is 13. The number of hydrogen-bond donors (Lipinski definition) is 8. The summed E-state index contributed by atoms with van der Waals surface area (Å²) in [6.45, 7) is 3.93. The first-order valence-electron chi connectivity index (χ1n) is 20.6. The fourth-order valence-corrected chi connectivity index (χ4v) is 7.15. The molecule has 61 heavy (non-hydrogen) atoms. The summed E-state index contributed by atoms with van der Waals surface area (Å²) in [5.74, 6) is -4.45. The summed E-state index contributed by atoms with van der Waals surface area (Å²) < 4.78 is 5.50. The van der Waals surface area contributed by atoms with Gasteiger partial charge in [-0.25, -0.2) is 0 Å². The van der Waals surface area contributed by atoms with E-state index in [4.69, 9.17) is 10.5 Å². The van der Waals surface area contributed by atoms with E-state index in [-0.39, 0.29) is 63.6 Å². The highest BCUT2D eigenvalue weighted by atomic mass is 16.5. The Labute approximate surface area is 354 Å². The number of ether oxygens (including phenoxy) is 1. The first-order valence-corrected chi connectivity index (χ1v) is 20.6. The number of carbonyl (C=O) groups excluding carboxylic acids is 7. The lowest BCUT2D eigenvalue weighted by atomic mass is 10.0. The Morgan fingerprint density at radius 1 is 0.721 bits per heavy atom. The summed E-state index contributed by atoms with van der Waals surface area (Å²) in [7, 11) is 0. The predicted octanol–water partition coefficient (Wildman–Crippen LogP) is 1.82. The number of nitrogens with one attached hydrogen (secondary N) is 7. The third-order valence-corrected chi connectivity index (χ3v) is 10.3. The highest BCUT2D eigenvalue weighted by Gasteiger charge is 2.33. The zero-order valence-corrected chi connectivity index (χ0v) is 34.5. The van der Waals surface area contributed by atoms with Crippen molar-refractivity contribution in [3.63, 3.8) is 0 Å². The number of benzene rings is 3. The van der Waals surface area contributed by atoms with Crippen LogP contribution >= 0.6 is 0 Å². The van der Waals surface area contributed by atoms with E-state index >= 15 is 0 Å². The molecule has 1 aliphatic heterocycles. The van der Waals surface area contributed by atoms with Crippen LogP contribution in [0.3, 0.4) is 0 Å². The van der Waals surface area contributed by atoms with E-state index in [1.807, 2.05) is 74.5 Å². The van der Waals surface area contributed by atoms with Crippen LogP contribution in [0.4, 0.5) is 0 Å². The van der Waals surface area contributed by atoms with Gasteiger partial charge in [0.15, 0.2) is 0 Å². The minimum atomic E-state index is -1.39. The fraction of sp³-hybridized carbons (Fsp3) is 0.400. The van der Waals surface area contributed by atoms with Crippen molar-refractivity contribution >= 4 is 52.3 Å². The molecule has 0 radical (unpaired) electrons. The Kier molecular flexibility index (Phi) is 17.0. The highest BCUT2D eigenvalue weighted by molar-refractivity contribution is 5.96. The van der Waals surface area contributed by atoms with Crippen LogP contribution < -0.4 is 37.6 Å². The average molecular weight is 837 g/mol. The number of fused-ring (bicyclic) bond motifs is 1. The van der Waals surface area contributed by atoms with Gasteiger partial charge in [0, 0.05) is 61.9 Å². The third kappa shape index (κ3) is 14.6. The molecular formula is C45H56N8O8. The summed E-state index contributed by atoms with van der Waals surface area (Å²) in [5, 5.41) is 17.9. The SMILES string of the molecule is CC(C)CC1CNC(CC(=O)OCc2ccccc2)C(=O)NC(CCC(N)=O)C(=O)NC(Cc2c[nH]c3ccccc23)C(=O)NC(Cc2ccccc2)C(=O)NCCC(=O)N1. The topological polar surface area (TPSA) is 243 Å². The monoisotopic (exact) mass is 836 g/mol. The van der Waals surface area contributed by atoms with Crippen molar-refractivity contribution in [2.24, 2.45) is 11.7 Å². The standard InChI is InChI=1S/C45H56N8O8/c1-28(2)21-32-26-49-36(24-41(56)61-27-30-13-7-4-8-14-30)44(59)51-35(17-18-39(46)54)43(58)53-38(23-31-25-48-34-16-10-9-15-33(31)34)45(60)52-37(22-29-11-5-3-6-12-29)42(57)47-20-19-40(55)50-32/h3-16,25,28,32,35-38,48-49H,17-24,26-27H2,1-2H3,(H2,46,54)(H,47,57)(H,50,55)(H,51,59)(H,52,60)(H,53,58). The molecule has 1 saturated heterocycles. The molecular weight excluding hydrogens is 781 g/mol. The summed E-state index contributed by atoms with van der Waals surface area (Å²) in [5.41, 5.74) is 8.49. The second-order valence-electron chi connectivity index (χ2n) is 15.7. The van der Waals surface area contributed by atoms with Gasteiger partial charge < -0.3 is 47.4 Å². The quantitative estimate of drug-likeness (QED) is 0.0915. The summed E-state index contributed by atoms with van der Waals surface area (Å²) >= 11 is 0. The number of nitrogens with two attached hydrogens (primary N) is 1. The van der Waals surface area contributed by atoms with Crippen molar-refractivity contribution in [2.75, 3.05) is 13.1 Å². The van der Waals surface area contributed by atoms with Crippen LogP contribution in [0.1, 0.15) is 62.6 Å². The lowest BCUT2D eigenvalue weighted by molar-refractivity contribution is -0.147. The van der Waals surface area contributed by atoms with Crippen molar-refractivity contribution < 1.29 is 38.3 Å². The van der Waals surface area contributed by atoms with E-state index in [0.717, 1.165) is 22.0 Å². The minimum Gasteiger partial charge on any atom is -0.461 e. The van der Waals surface area contributed by atoms with E-state index in [2.05, 4.69) is 36.9 Å². The molecule has 1 aliphatic rings. The second kappa shape index (κ2) is 22.7. The number of amides is 6. The maximum Gasteiger partial charge on any atom is 0.308 e. The van der Waals surface area contributed by atoms with Crippen LogP contribution in [-0.2, 0) is 57.7 Å². The van der Waals surface area contributed by atoms with Crippen molar-refractivity contribution in [2.45, 2.75) is 95.6 Å². The van der Waals surface area contributed by atoms with Gasteiger partial charge in [0.25, 0.3) is 0 Å². The number of aromatic amines is 1. The number of primary amides is 1. The molecule has 1 aromatic heterocycles.